The van der Waals surface area contributed by atoms with Crippen LogP contribution in [0.25, 0.3) is 10.8 Å². The van der Waals surface area contributed by atoms with E-state index in [1.165, 1.54) is 0 Å². The Bertz CT molecular complexity index is 874. The molecule has 0 aliphatic rings. The van der Waals surface area contributed by atoms with Crippen molar-refractivity contribution in [2.24, 2.45) is 0 Å². The number of hydrogen-bond donors (Lipinski definition) is 2. The van der Waals surface area contributed by atoms with E-state index in [1.807, 2.05) is 55.5 Å². The molecule has 0 fully saturated rings. The number of aliphatic hydroxyl groups excluding tert-OH is 1. The number of aryl methyl sites for hydroxylation is 1. The van der Waals surface area contributed by atoms with Gasteiger partial charge in [-0.05, 0) is 42.1 Å². The zero-order valence-corrected chi connectivity index (χ0v) is 13.5. The van der Waals surface area contributed by atoms with Gasteiger partial charge in [0.2, 0.25) is 0 Å². The van der Waals surface area contributed by atoms with E-state index in [0.29, 0.717) is 11.3 Å². The molecule has 3 aromatic rings. The molecule has 122 valence electrons. The molecular weight excluding hydrogens is 302 g/mol. The molecule has 0 aromatic heterocycles. The van der Waals surface area contributed by atoms with Crippen molar-refractivity contribution in [3.63, 3.8) is 0 Å². The van der Waals surface area contributed by atoms with E-state index in [9.17, 15) is 4.79 Å². The summed E-state index contributed by atoms with van der Waals surface area (Å²) in [5.41, 5.74) is 2.44. The van der Waals surface area contributed by atoms with Gasteiger partial charge in [-0.2, -0.15) is 0 Å². The van der Waals surface area contributed by atoms with E-state index >= 15 is 0 Å². The fourth-order valence-corrected chi connectivity index (χ4v) is 2.67. The number of anilines is 1. The van der Waals surface area contributed by atoms with Crippen molar-refractivity contribution in [3.05, 3.63) is 71.8 Å². The van der Waals surface area contributed by atoms with Gasteiger partial charge in [-0.1, -0.05) is 36.4 Å². The van der Waals surface area contributed by atoms with Crippen LogP contribution in [-0.2, 0) is 0 Å². The normalized spacial score (nSPS) is 10.6. The Morgan fingerprint density at radius 2 is 1.83 bits per heavy atom. The lowest BCUT2D eigenvalue weighted by molar-refractivity contribution is 0.102. The molecule has 0 heterocycles. The molecule has 4 heteroatoms. The molecule has 0 aliphatic carbocycles. The summed E-state index contributed by atoms with van der Waals surface area (Å²) in [4.78, 5) is 12.7. The number of hydrogen-bond acceptors (Lipinski definition) is 3. The second kappa shape index (κ2) is 7.15. The predicted octanol–water partition coefficient (Wildman–Crippen LogP) is 3.77. The van der Waals surface area contributed by atoms with Gasteiger partial charge < -0.3 is 15.2 Å². The highest BCUT2D eigenvalue weighted by atomic mass is 16.5. The van der Waals surface area contributed by atoms with Gasteiger partial charge in [-0.15, -0.1) is 0 Å². The number of carbonyl (C=O) groups is 1. The zero-order valence-electron chi connectivity index (χ0n) is 13.5. The molecule has 4 nitrogen and oxygen atoms in total. The molecule has 0 aliphatic heterocycles. The third-order valence-corrected chi connectivity index (χ3v) is 3.75. The molecule has 1 amide bonds. The molecule has 0 atom stereocenters. The molecule has 0 radical (unpaired) electrons. The van der Waals surface area contributed by atoms with Crippen molar-refractivity contribution in [2.75, 3.05) is 18.5 Å². The number of fused-ring (bicyclic) bond motifs is 1. The Labute approximate surface area is 140 Å². The van der Waals surface area contributed by atoms with Crippen molar-refractivity contribution in [3.8, 4) is 5.75 Å². The van der Waals surface area contributed by atoms with Crippen LogP contribution in [0.5, 0.6) is 5.75 Å². The van der Waals surface area contributed by atoms with Gasteiger partial charge >= 0.3 is 0 Å². The lowest BCUT2D eigenvalue weighted by Crippen LogP contribution is -2.13. The summed E-state index contributed by atoms with van der Waals surface area (Å²) in [7, 11) is 0. The van der Waals surface area contributed by atoms with Crippen molar-refractivity contribution >= 4 is 22.4 Å². The second-order valence-corrected chi connectivity index (χ2v) is 5.55. The number of carbonyl (C=O) groups excluding carboxylic acids is 1. The van der Waals surface area contributed by atoms with E-state index in [-0.39, 0.29) is 19.1 Å². The summed E-state index contributed by atoms with van der Waals surface area (Å²) < 4.78 is 5.56. The van der Waals surface area contributed by atoms with E-state index in [4.69, 9.17) is 9.84 Å². The first kappa shape index (κ1) is 16.0. The van der Waals surface area contributed by atoms with E-state index in [1.54, 1.807) is 12.1 Å². The lowest BCUT2D eigenvalue weighted by Gasteiger charge is -2.12. The monoisotopic (exact) mass is 321 g/mol. The smallest absolute Gasteiger partial charge is 0.256 e. The number of amides is 1. The van der Waals surface area contributed by atoms with Gasteiger partial charge in [0.15, 0.2) is 0 Å². The summed E-state index contributed by atoms with van der Waals surface area (Å²) in [5.74, 6) is 0.497. The Kier molecular flexibility index (Phi) is 4.77. The highest BCUT2D eigenvalue weighted by Crippen LogP contribution is 2.29. The van der Waals surface area contributed by atoms with Crippen molar-refractivity contribution < 1.29 is 14.6 Å². The highest BCUT2D eigenvalue weighted by Gasteiger charge is 2.13. The quantitative estimate of drug-likeness (QED) is 0.752. The standard InChI is InChI=1S/C20H19NO3/c1-14-5-4-6-15(13-14)21-20(23)18-9-10-19(24-12-11-22)17-8-3-2-7-16(17)18/h2-10,13,22H,11-12H2,1H3,(H,21,23). The van der Waals surface area contributed by atoms with Gasteiger partial charge in [0.1, 0.15) is 12.4 Å². The van der Waals surface area contributed by atoms with Crippen LogP contribution in [0.2, 0.25) is 0 Å². The number of ether oxygens (including phenoxy) is 1. The maximum Gasteiger partial charge on any atom is 0.256 e. The summed E-state index contributed by atoms with van der Waals surface area (Å²) in [5, 5.41) is 13.5. The first-order valence-electron chi connectivity index (χ1n) is 7.82. The Hall–Kier alpha value is -2.85. The fourth-order valence-electron chi connectivity index (χ4n) is 2.67. The number of benzene rings is 3. The highest BCUT2D eigenvalue weighted by molar-refractivity contribution is 6.13. The van der Waals surface area contributed by atoms with Crippen molar-refractivity contribution in [1.82, 2.24) is 0 Å². The van der Waals surface area contributed by atoms with Crippen LogP contribution in [-0.4, -0.2) is 24.2 Å². The first-order chi connectivity index (χ1) is 11.7. The van der Waals surface area contributed by atoms with Crippen molar-refractivity contribution in [2.45, 2.75) is 6.92 Å². The minimum Gasteiger partial charge on any atom is -0.491 e. The lowest BCUT2D eigenvalue weighted by atomic mass is 10.0. The Balaban J connectivity index is 1.96. The molecule has 3 aromatic carbocycles. The van der Waals surface area contributed by atoms with Gasteiger partial charge in [0, 0.05) is 16.6 Å². The SMILES string of the molecule is Cc1cccc(NC(=O)c2ccc(OCCO)c3ccccc23)c1. The number of aliphatic hydroxyl groups is 1. The Morgan fingerprint density at radius 3 is 2.58 bits per heavy atom. The number of rotatable bonds is 5. The average Bonchev–Trinajstić information content (AvgIpc) is 2.59. The molecule has 0 spiro atoms. The first-order valence-corrected chi connectivity index (χ1v) is 7.82. The molecule has 0 saturated heterocycles. The van der Waals surface area contributed by atoms with E-state index in [2.05, 4.69) is 5.32 Å². The van der Waals surface area contributed by atoms with Gasteiger partial charge in [-0.25, -0.2) is 0 Å². The summed E-state index contributed by atoms with van der Waals surface area (Å²) in [6.07, 6.45) is 0. The van der Waals surface area contributed by atoms with Crippen LogP contribution in [0.3, 0.4) is 0 Å². The van der Waals surface area contributed by atoms with Crippen LogP contribution in [0, 0.1) is 6.92 Å². The topological polar surface area (TPSA) is 58.6 Å². The molecule has 3 rings (SSSR count). The van der Waals surface area contributed by atoms with Gasteiger partial charge in [-0.3, -0.25) is 4.79 Å². The molecule has 0 saturated carbocycles. The van der Waals surface area contributed by atoms with Crippen molar-refractivity contribution in [1.29, 1.82) is 0 Å². The van der Waals surface area contributed by atoms with Gasteiger partial charge in [0.25, 0.3) is 5.91 Å². The maximum absolute atomic E-state index is 12.7. The molecular formula is C20H19NO3. The van der Waals surface area contributed by atoms with Crippen LogP contribution in [0.1, 0.15) is 15.9 Å². The minimum atomic E-state index is -0.162. The minimum absolute atomic E-state index is 0.0517. The summed E-state index contributed by atoms with van der Waals surface area (Å²) in [6, 6.07) is 18.8. The third-order valence-electron chi connectivity index (χ3n) is 3.75. The number of nitrogens with one attached hydrogen (secondary N) is 1. The molecule has 0 unspecified atom stereocenters. The van der Waals surface area contributed by atoms with Crippen LogP contribution in [0.15, 0.2) is 60.7 Å². The fraction of sp³-hybridized carbons (Fsp3) is 0.150. The second-order valence-electron chi connectivity index (χ2n) is 5.55. The molecule has 24 heavy (non-hydrogen) atoms. The third kappa shape index (κ3) is 3.39. The predicted molar refractivity (Wildman–Crippen MR) is 95.7 cm³/mol. The Morgan fingerprint density at radius 1 is 1.04 bits per heavy atom. The van der Waals surface area contributed by atoms with Crippen LogP contribution in [0.4, 0.5) is 5.69 Å². The average molecular weight is 321 g/mol. The largest absolute Gasteiger partial charge is 0.491 e. The summed E-state index contributed by atoms with van der Waals surface area (Å²) in [6.45, 7) is 2.15. The van der Waals surface area contributed by atoms with Crippen LogP contribution >= 0.6 is 0 Å². The maximum atomic E-state index is 12.7. The van der Waals surface area contributed by atoms with E-state index in [0.717, 1.165) is 22.0 Å². The van der Waals surface area contributed by atoms with Crippen LogP contribution < -0.4 is 10.1 Å². The zero-order chi connectivity index (χ0) is 16.9. The van der Waals surface area contributed by atoms with E-state index < -0.39 is 0 Å². The van der Waals surface area contributed by atoms with Gasteiger partial charge in [0.05, 0.1) is 6.61 Å². The molecule has 0 bridgehead atoms. The summed E-state index contributed by atoms with van der Waals surface area (Å²) >= 11 is 0. The molecule has 2 N–H and O–H groups in total.